The molecule has 1 atom stereocenters. The fourth-order valence-electron chi connectivity index (χ4n) is 3.70. The van der Waals surface area contributed by atoms with E-state index in [9.17, 15) is 10.1 Å². The van der Waals surface area contributed by atoms with Crippen LogP contribution in [0, 0.1) is 16.7 Å². The van der Waals surface area contributed by atoms with E-state index in [1.165, 1.54) is 0 Å². The Balaban J connectivity index is 1.65. The molecule has 2 amide bonds. The molecular formula is C22H29N5O. The zero-order valence-electron chi connectivity index (χ0n) is 16.9. The number of imidazole rings is 1. The minimum Gasteiger partial charge on any atom is -0.335 e. The van der Waals surface area contributed by atoms with Crippen LogP contribution in [0.5, 0.6) is 0 Å². The number of hydrogen-bond acceptors (Lipinski definition) is 3. The van der Waals surface area contributed by atoms with E-state index in [0.29, 0.717) is 32.5 Å². The summed E-state index contributed by atoms with van der Waals surface area (Å²) in [5.41, 5.74) is 0.458. The van der Waals surface area contributed by atoms with Gasteiger partial charge in [-0.2, -0.15) is 5.26 Å². The molecule has 0 unspecified atom stereocenters. The van der Waals surface area contributed by atoms with Gasteiger partial charge in [-0.25, -0.2) is 9.78 Å². The summed E-state index contributed by atoms with van der Waals surface area (Å²) in [6, 6.07) is 12.4. The van der Waals surface area contributed by atoms with Gasteiger partial charge < -0.3 is 14.8 Å². The monoisotopic (exact) mass is 379 g/mol. The van der Waals surface area contributed by atoms with Crippen molar-refractivity contribution in [2.45, 2.75) is 51.6 Å². The van der Waals surface area contributed by atoms with Crippen LogP contribution in [-0.2, 0) is 12.0 Å². The molecule has 0 radical (unpaired) electrons. The van der Waals surface area contributed by atoms with E-state index < -0.39 is 5.41 Å². The highest BCUT2D eigenvalue weighted by Gasteiger charge is 2.38. The van der Waals surface area contributed by atoms with Crippen LogP contribution in [0.2, 0.25) is 0 Å². The number of likely N-dealkylation sites (tertiary alicyclic amines) is 1. The minimum atomic E-state index is -0.502. The van der Waals surface area contributed by atoms with Gasteiger partial charge in [0, 0.05) is 32.0 Å². The molecule has 3 rings (SSSR count). The third kappa shape index (κ3) is 4.36. The summed E-state index contributed by atoms with van der Waals surface area (Å²) in [6.07, 6.45) is 6.74. The summed E-state index contributed by atoms with van der Waals surface area (Å²) < 4.78 is 1.99. The van der Waals surface area contributed by atoms with E-state index in [-0.39, 0.29) is 17.5 Å². The predicted octanol–water partition coefficient (Wildman–Crippen LogP) is 3.56. The largest absolute Gasteiger partial charge is 0.335 e. The Morgan fingerprint density at radius 1 is 1.29 bits per heavy atom. The van der Waals surface area contributed by atoms with E-state index >= 15 is 0 Å². The first kappa shape index (κ1) is 19.9. The molecule has 0 aliphatic carbocycles. The zero-order chi connectivity index (χ0) is 20.2. The lowest BCUT2D eigenvalue weighted by molar-refractivity contribution is 0.154. The zero-order valence-corrected chi connectivity index (χ0v) is 16.9. The highest BCUT2D eigenvalue weighted by atomic mass is 16.2. The summed E-state index contributed by atoms with van der Waals surface area (Å²) in [5, 5.41) is 13.0. The summed E-state index contributed by atoms with van der Waals surface area (Å²) in [4.78, 5) is 18.9. The van der Waals surface area contributed by atoms with Gasteiger partial charge in [-0.3, -0.25) is 0 Å². The van der Waals surface area contributed by atoms with Crippen LogP contribution in [0.1, 0.15) is 39.2 Å². The van der Waals surface area contributed by atoms with Gasteiger partial charge in [0.1, 0.15) is 0 Å². The van der Waals surface area contributed by atoms with Crippen molar-refractivity contribution in [2.24, 2.45) is 5.41 Å². The molecule has 1 saturated heterocycles. The van der Waals surface area contributed by atoms with Crippen LogP contribution in [0.15, 0.2) is 49.1 Å². The maximum atomic E-state index is 12.9. The molecule has 1 aromatic carbocycles. The van der Waals surface area contributed by atoms with Crippen LogP contribution in [0.4, 0.5) is 4.79 Å². The quantitative estimate of drug-likeness (QED) is 0.882. The van der Waals surface area contributed by atoms with Gasteiger partial charge in [0.2, 0.25) is 0 Å². The van der Waals surface area contributed by atoms with Crippen LogP contribution in [0.3, 0.4) is 0 Å². The smallest absolute Gasteiger partial charge is 0.317 e. The number of urea groups is 1. The van der Waals surface area contributed by atoms with E-state index in [2.05, 4.69) is 37.1 Å². The van der Waals surface area contributed by atoms with Gasteiger partial charge in [0.25, 0.3) is 0 Å². The second-order valence-electron chi connectivity index (χ2n) is 8.67. The Hall–Kier alpha value is -2.81. The Morgan fingerprint density at radius 2 is 1.96 bits per heavy atom. The van der Waals surface area contributed by atoms with Gasteiger partial charge in [-0.1, -0.05) is 51.1 Å². The number of amides is 2. The van der Waals surface area contributed by atoms with Crippen molar-refractivity contribution < 1.29 is 4.79 Å². The lowest BCUT2D eigenvalue weighted by atomic mass is 9.74. The number of piperidine rings is 1. The lowest BCUT2D eigenvalue weighted by Gasteiger charge is -2.39. The molecule has 148 valence electrons. The number of rotatable bonds is 4. The lowest BCUT2D eigenvalue weighted by Crippen LogP contribution is -2.54. The predicted molar refractivity (Wildman–Crippen MR) is 109 cm³/mol. The molecule has 6 nitrogen and oxygen atoms in total. The molecular weight excluding hydrogens is 350 g/mol. The van der Waals surface area contributed by atoms with Crippen LogP contribution >= 0.6 is 0 Å². The van der Waals surface area contributed by atoms with Crippen molar-refractivity contribution in [3.05, 3.63) is 54.6 Å². The van der Waals surface area contributed by atoms with Crippen molar-refractivity contribution in [3.8, 4) is 6.07 Å². The Morgan fingerprint density at radius 3 is 2.50 bits per heavy atom. The van der Waals surface area contributed by atoms with Crippen molar-refractivity contribution in [2.75, 3.05) is 13.1 Å². The van der Waals surface area contributed by atoms with Gasteiger partial charge in [-0.15, -0.1) is 0 Å². The Kier molecular flexibility index (Phi) is 5.73. The number of carbonyl (C=O) groups excluding carboxylic acids is 1. The molecule has 1 fully saturated rings. The standard InChI is InChI=1S/C22H29N5O/c1-21(2,3)19(15-26-14-11-24-17-26)25-20(28)27-12-9-22(16-23,10-13-27)18-7-5-4-6-8-18/h4-8,11,14,17,19H,9-10,12-13,15H2,1-3H3,(H,25,28)/t19-/m0/s1. The number of nitriles is 1. The molecule has 0 bridgehead atoms. The molecule has 1 aromatic heterocycles. The molecule has 1 aliphatic rings. The fourth-order valence-corrected chi connectivity index (χ4v) is 3.70. The average molecular weight is 380 g/mol. The summed E-state index contributed by atoms with van der Waals surface area (Å²) in [7, 11) is 0. The number of benzene rings is 1. The van der Waals surface area contributed by atoms with E-state index in [1.807, 2.05) is 46.0 Å². The van der Waals surface area contributed by atoms with Gasteiger partial charge in [0.05, 0.1) is 23.9 Å². The van der Waals surface area contributed by atoms with Gasteiger partial charge >= 0.3 is 6.03 Å². The van der Waals surface area contributed by atoms with E-state index in [0.717, 1.165) is 5.56 Å². The number of nitrogens with zero attached hydrogens (tertiary/aromatic N) is 4. The average Bonchev–Trinajstić information content (AvgIpc) is 3.20. The molecule has 2 aromatic rings. The second-order valence-corrected chi connectivity index (χ2v) is 8.67. The van der Waals surface area contributed by atoms with Crippen molar-refractivity contribution in [1.82, 2.24) is 19.8 Å². The number of aromatic nitrogens is 2. The van der Waals surface area contributed by atoms with Crippen molar-refractivity contribution >= 4 is 6.03 Å². The number of nitrogens with one attached hydrogen (secondary N) is 1. The highest BCUT2D eigenvalue weighted by molar-refractivity contribution is 5.74. The first-order valence-corrected chi connectivity index (χ1v) is 9.82. The molecule has 6 heteroatoms. The van der Waals surface area contributed by atoms with Crippen molar-refractivity contribution in [1.29, 1.82) is 5.26 Å². The van der Waals surface area contributed by atoms with E-state index in [1.54, 1.807) is 12.5 Å². The maximum absolute atomic E-state index is 12.9. The topological polar surface area (TPSA) is 74.0 Å². The van der Waals surface area contributed by atoms with Crippen LogP contribution < -0.4 is 5.32 Å². The first-order chi connectivity index (χ1) is 13.3. The first-order valence-electron chi connectivity index (χ1n) is 9.82. The summed E-state index contributed by atoms with van der Waals surface area (Å²) in [5.74, 6) is 0. The SMILES string of the molecule is CC(C)(C)[C@H](Cn1ccnc1)NC(=O)N1CCC(C#N)(c2ccccc2)CC1. The normalized spacial score (nSPS) is 17.6. The highest BCUT2D eigenvalue weighted by Crippen LogP contribution is 2.35. The molecule has 0 saturated carbocycles. The maximum Gasteiger partial charge on any atom is 0.317 e. The Labute approximate surface area is 167 Å². The number of carbonyl (C=O) groups is 1. The molecule has 28 heavy (non-hydrogen) atoms. The molecule has 0 spiro atoms. The van der Waals surface area contributed by atoms with E-state index in [4.69, 9.17) is 0 Å². The second kappa shape index (κ2) is 8.05. The minimum absolute atomic E-state index is 0.0222. The molecule has 1 aliphatic heterocycles. The Bertz CT molecular complexity index is 809. The third-order valence-corrected chi connectivity index (χ3v) is 5.74. The molecule has 1 N–H and O–H groups in total. The summed E-state index contributed by atoms with van der Waals surface area (Å²) in [6.45, 7) is 8.21. The van der Waals surface area contributed by atoms with Gasteiger partial charge in [0.15, 0.2) is 0 Å². The third-order valence-electron chi connectivity index (χ3n) is 5.74. The summed E-state index contributed by atoms with van der Waals surface area (Å²) >= 11 is 0. The molecule has 2 heterocycles. The van der Waals surface area contributed by atoms with Crippen LogP contribution in [-0.4, -0.2) is 39.6 Å². The van der Waals surface area contributed by atoms with Gasteiger partial charge in [-0.05, 0) is 23.8 Å². The van der Waals surface area contributed by atoms with Crippen molar-refractivity contribution in [3.63, 3.8) is 0 Å². The fraction of sp³-hybridized carbons (Fsp3) is 0.500. The number of hydrogen-bond donors (Lipinski definition) is 1. The van der Waals surface area contributed by atoms with Crippen LogP contribution in [0.25, 0.3) is 0 Å².